The first kappa shape index (κ1) is 16.8. The lowest BCUT2D eigenvalue weighted by Gasteiger charge is -2.10. The predicted molar refractivity (Wildman–Crippen MR) is 104 cm³/mol. The molecule has 0 amide bonds. The van der Waals surface area contributed by atoms with Crippen LogP contribution in [-0.4, -0.2) is 37.4 Å². The maximum atomic E-state index is 8.48. The van der Waals surface area contributed by atoms with Crippen molar-refractivity contribution in [3.63, 3.8) is 0 Å². The fraction of sp³-hybridized carbons (Fsp3) is 0.150. The normalized spacial score (nSPS) is 11.9. The number of aromatic nitrogens is 5. The fourth-order valence-corrected chi connectivity index (χ4v) is 2.97. The highest BCUT2D eigenvalue weighted by atomic mass is 15.3. The minimum Gasteiger partial charge on any atom is -0.286 e. The molecule has 4 rings (SSSR count). The van der Waals surface area contributed by atoms with Crippen LogP contribution in [0.25, 0.3) is 16.6 Å². The average Bonchev–Trinajstić information content (AvgIpc) is 3.22. The second-order valence-electron chi connectivity index (χ2n) is 6.26. The van der Waals surface area contributed by atoms with Gasteiger partial charge in [0.1, 0.15) is 5.84 Å². The lowest BCUT2D eigenvalue weighted by atomic mass is 10.1. The van der Waals surface area contributed by atoms with E-state index in [1.165, 1.54) is 0 Å². The van der Waals surface area contributed by atoms with Gasteiger partial charge in [-0.25, -0.2) is 9.36 Å². The van der Waals surface area contributed by atoms with Crippen molar-refractivity contribution in [3.05, 3.63) is 77.8 Å². The lowest BCUT2D eigenvalue weighted by molar-refractivity contribution is 0.784. The van der Waals surface area contributed by atoms with Crippen LogP contribution in [0.5, 0.6) is 0 Å². The summed E-state index contributed by atoms with van der Waals surface area (Å²) >= 11 is 0. The van der Waals surface area contributed by atoms with Crippen molar-refractivity contribution >= 4 is 16.7 Å². The maximum absolute atomic E-state index is 8.48. The molecule has 7 nitrogen and oxygen atoms in total. The van der Waals surface area contributed by atoms with Crippen LogP contribution in [0.15, 0.2) is 66.0 Å². The molecule has 3 aromatic heterocycles. The quantitative estimate of drug-likeness (QED) is 0.452. The molecule has 0 spiro atoms. The van der Waals surface area contributed by atoms with Gasteiger partial charge in [-0.3, -0.25) is 15.4 Å². The van der Waals surface area contributed by atoms with Crippen LogP contribution in [-0.2, 0) is 6.42 Å². The molecule has 0 bridgehead atoms. The second-order valence-corrected chi connectivity index (χ2v) is 6.26. The second kappa shape index (κ2) is 6.95. The van der Waals surface area contributed by atoms with Gasteiger partial charge < -0.3 is 0 Å². The first-order chi connectivity index (χ1) is 13.1. The zero-order chi connectivity index (χ0) is 18.8. The Morgan fingerprint density at radius 1 is 1.19 bits per heavy atom. The van der Waals surface area contributed by atoms with Gasteiger partial charge in [0.15, 0.2) is 5.49 Å². The summed E-state index contributed by atoms with van der Waals surface area (Å²) in [4.78, 5) is 8.71. The van der Waals surface area contributed by atoms with E-state index in [1.807, 2.05) is 49.5 Å². The van der Waals surface area contributed by atoms with Gasteiger partial charge in [0, 0.05) is 31.2 Å². The van der Waals surface area contributed by atoms with E-state index >= 15 is 0 Å². The summed E-state index contributed by atoms with van der Waals surface area (Å²) in [7, 11) is 1.70. The van der Waals surface area contributed by atoms with Gasteiger partial charge in [-0.1, -0.05) is 6.07 Å². The number of hydrogen-bond acceptors (Lipinski definition) is 5. The van der Waals surface area contributed by atoms with Crippen molar-refractivity contribution in [2.75, 3.05) is 7.05 Å². The number of hydrogen-bond donors (Lipinski definition) is 1. The number of nitrogens with one attached hydrogen (secondary N) is 1. The van der Waals surface area contributed by atoms with E-state index in [-0.39, 0.29) is 0 Å². The van der Waals surface area contributed by atoms with Crippen molar-refractivity contribution in [2.45, 2.75) is 13.3 Å². The summed E-state index contributed by atoms with van der Waals surface area (Å²) in [6, 6.07) is 13.7. The monoisotopic (exact) mass is 357 g/mol. The number of nitrogens with zero attached hydrogens (tertiary/aromatic N) is 6. The molecule has 0 aliphatic carbocycles. The van der Waals surface area contributed by atoms with Crippen molar-refractivity contribution in [2.24, 2.45) is 4.99 Å². The number of benzene rings is 1. The SMILES string of the molecule is C/N=c1/ccc(C)nn1C(=N)Cc1ccc2ncc(-n3cccn3)cc2c1. The highest BCUT2D eigenvalue weighted by Gasteiger charge is 2.07. The highest BCUT2D eigenvalue weighted by molar-refractivity contribution is 5.86. The molecule has 1 aromatic carbocycles. The Morgan fingerprint density at radius 3 is 2.85 bits per heavy atom. The molecule has 0 fully saturated rings. The molecule has 0 aliphatic heterocycles. The number of aryl methyl sites for hydroxylation is 1. The van der Waals surface area contributed by atoms with Crippen LogP contribution in [0.3, 0.4) is 0 Å². The maximum Gasteiger partial charge on any atom is 0.150 e. The molecular formula is C20H19N7. The molecule has 0 atom stereocenters. The van der Waals surface area contributed by atoms with E-state index in [9.17, 15) is 0 Å². The first-order valence-electron chi connectivity index (χ1n) is 8.60. The topological polar surface area (TPSA) is 84.7 Å². The molecule has 0 saturated heterocycles. The van der Waals surface area contributed by atoms with Crippen molar-refractivity contribution in [1.29, 1.82) is 5.41 Å². The molecule has 7 heteroatoms. The molecule has 0 aliphatic rings. The Hall–Kier alpha value is -3.61. The molecular weight excluding hydrogens is 338 g/mol. The predicted octanol–water partition coefficient (Wildman–Crippen LogP) is 2.52. The number of fused-ring (bicyclic) bond motifs is 1. The van der Waals surface area contributed by atoms with Gasteiger partial charge in [-0.15, -0.1) is 0 Å². The summed E-state index contributed by atoms with van der Waals surface area (Å²) in [6.45, 7) is 1.90. The van der Waals surface area contributed by atoms with Crippen LogP contribution < -0.4 is 5.49 Å². The molecule has 0 radical (unpaired) electrons. The zero-order valence-corrected chi connectivity index (χ0v) is 15.2. The molecule has 3 heterocycles. The Balaban J connectivity index is 1.68. The van der Waals surface area contributed by atoms with Crippen molar-refractivity contribution in [1.82, 2.24) is 24.5 Å². The third kappa shape index (κ3) is 3.39. The summed E-state index contributed by atoms with van der Waals surface area (Å²) in [5, 5.41) is 18.2. The van der Waals surface area contributed by atoms with E-state index in [2.05, 4.69) is 26.2 Å². The van der Waals surface area contributed by atoms with E-state index in [0.717, 1.165) is 27.8 Å². The van der Waals surface area contributed by atoms with Gasteiger partial charge in [0.05, 0.1) is 23.1 Å². The molecule has 4 aromatic rings. The third-order valence-corrected chi connectivity index (χ3v) is 4.30. The minimum absolute atomic E-state index is 0.370. The first-order valence-corrected chi connectivity index (χ1v) is 8.60. The summed E-state index contributed by atoms with van der Waals surface area (Å²) in [5.41, 5.74) is 4.34. The molecule has 27 heavy (non-hydrogen) atoms. The number of rotatable bonds is 3. The van der Waals surface area contributed by atoms with Crippen LogP contribution >= 0.6 is 0 Å². The Bertz CT molecular complexity index is 1190. The van der Waals surface area contributed by atoms with Crippen LogP contribution in [0.4, 0.5) is 0 Å². The molecule has 0 saturated carbocycles. The minimum atomic E-state index is 0.370. The highest BCUT2D eigenvalue weighted by Crippen LogP contribution is 2.18. The summed E-state index contributed by atoms with van der Waals surface area (Å²) in [5.74, 6) is 0.370. The van der Waals surface area contributed by atoms with Gasteiger partial charge in [-0.2, -0.15) is 10.2 Å². The van der Waals surface area contributed by atoms with Crippen LogP contribution in [0.1, 0.15) is 11.3 Å². The molecule has 1 N–H and O–H groups in total. The fourth-order valence-electron chi connectivity index (χ4n) is 2.97. The van der Waals surface area contributed by atoms with Gasteiger partial charge in [-0.05, 0) is 48.9 Å². The Morgan fingerprint density at radius 2 is 2.07 bits per heavy atom. The van der Waals surface area contributed by atoms with Gasteiger partial charge >= 0.3 is 0 Å². The van der Waals surface area contributed by atoms with E-state index in [0.29, 0.717) is 17.7 Å². The van der Waals surface area contributed by atoms with Crippen molar-refractivity contribution in [3.8, 4) is 5.69 Å². The molecule has 0 unspecified atom stereocenters. The Kier molecular flexibility index (Phi) is 4.33. The average molecular weight is 357 g/mol. The van der Waals surface area contributed by atoms with Gasteiger partial charge in [0.2, 0.25) is 0 Å². The van der Waals surface area contributed by atoms with E-state index in [1.54, 1.807) is 28.8 Å². The zero-order valence-electron chi connectivity index (χ0n) is 15.2. The van der Waals surface area contributed by atoms with Crippen LogP contribution in [0, 0.1) is 12.3 Å². The van der Waals surface area contributed by atoms with E-state index < -0.39 is 0 Å². The van der Waals surface area contributed by atoms with Crippen molar-refractivity contribution < 1.29 is 0 Å². The summed E-state index contributed by atoms with van der Waals surface area (Å²) < 4.78 is 3.36. The van der Waals surface area contributed by atoms with E-state index in [4.69, 9.17) is 5.41 Å². The largest absolute Gasteiger partial charge is 0.286 e. The van der Waals surface area contributed by atoms with Gasteiger partial charge in [0.25, 0.3) is 0 Å². The smallest absolute Gasteiger partial charge is 0.150 e. The third-order valence-electron chi connectivity index (χ3n) is 4.30. The van der Waals surface area contributed by atoms with Crippen LogP contribution in [0.2, 0.25) is 0 Å². The molecule has 134 valence electrons. The lowest BCUT2D eigenvalue weighted by Crippen LogP contribution is -2.31. The standard InChI is InChI=1S/C20H19N7/c1-14-4-7-20(22-2)27(25-14)19(21)11-15-5-6-18-16(10-15)12-17(13-23-18)26-9-3-8-24-26/h3-10,12-13,21H,11H2,1-2H3/b21-19?,22-20-. The Labute approximate surface area is 156 Å². The summed E-state index contributed by atoms with van der Waals surface area (Å²) in [6.07, 6.45) is 5.88. The number of pyridine rings is 1.